The third-order valence-corrected chi connectivity index (χ3v) is 4.43. The molecule has 0 radical (unpaired) electrons. The monoisotopic (exact) mass is 271 g/mol. The lowest BCUT2D eigenvalue weighted by atomic mass is 10.2. The maximum absolute atomic E-state index is 12.1. The third kappa shape index (κ3) is 3.99. The summed E-state index contributed by atoms with van der Waals surface area (Å²) in [7, 11) is -3.32. The molecule has 0 aromatic heterocycles. The van der Waals surface area contributed by atoms with E-state index < -0.39 is 9.84 Å². The van der Waals surface area contributed by atoms with E-state index in [0.29, 0.717) is 28.7 Å². The van der Waals surface area contributed by atoms with Crippen molar-refractivity contribution in [1.82, 2.24) is 0 Å². The topological polar surface area (TPSA) is 69.4 Å². The van der Waals surface area contributed by atoms with Crippen molar-refractivity contribution >= 4 is 15.5 Å². The quantitative estimate of drug-likeness (QED) is 0.635. The number of hydrogen-bond donors (Lipinski definition) is 1. The zero-order chi connectivity index (χ0) is 13.8. The first-order valence-electron chi connectivity index (χ1n) is 6.00. The maximum Gasteiger partial charge on any atom is 0.180 e. The number of anilines is 1. The van der Waals surface area contributed by atoms with Crippen molar-refractivity contribution in [2.24, 2.45) is 5.92 Å². The van der Waals surface area contributed by atoms with Crippen LogP contribution in [0.15, 0.2) is 23.1 Å². The summed E-state index contributed by atoms with van der Waals surface area (Å²) in [5.41, 5.74) is 6.83. The van der Waals surface area contributed by atoms with Crippen LogP contribution in [0.1, 0.15) is 19.4 Å². The second kappa shape index (κ2) is 6.20. The average molecular weight is 271 g/mol. The Bertz CT molecular complexity index is 495. The molecule has 0 atom stereocenters. The first-order valence-corrected chi connectivity index (χ1v) is 7.65. The molecule has 18 heavy (non-hydrogen) atoms. The average Bonchev–Trinajstić information content (AvgIpc) is 2.28. The standard InChI is InChI=1S/C13H21NO3S/c1-10(2)9-17-7-8-18(15,16)13-6-4-5-12(14)11(13)3/h4-6,10H,7-9,14H2,1-3H3. The Morgan fingerprint density at radius 2 is 2.00 bits per heavy atom. The van der Waals surface area contributed by atoms with Gasteiger partial charge in [-0.1, -0.05) is 19.9 Å². The molecule has 0 aliphatic rings. The van der Waals surface area contributed by atoms with Gasteiger partial charge >= 0.3 is 0 Å². The highest BCUT2D eigenvalue weighted by Crippen LogP contribution is 2.21. The number of hydrogen-bond acceptors (Lipinski definition) is 4. The third-order valence-electron chi connectivity index (χ3n) is 2.61. The summed E-state index contributed by atoms with van der Waals surface area (Å²) in [6.45, 7) is 6.56. The number of rotatable bonds is 6. The molecule has 1 rings (SSSR count). The van der Waals surface area contributed by atoms with Crippen molar-refractivity contribution in [3.8, 4) is 0 Å². The van der Waals surface area contributed by atoms with Crippen LogP contribution in [0.3, 0.4) is 0 Å². The highest BCUT2D eigenvalue weighted by atomic mass is 32.2. The fourth-order valence-corrected chi connectivity index (χ4v) is 2.99. The van der Waals surface area contributed by atoms with Crippen LogP contribution in [0.5, 0.6) is 0 Å². The maximum atomic E-state index is 12.1. The molecule has 0 aliphatic heterocycles. The lowest BCUT2D eigenvalue weighted by Gasteiger charge is -2.10. The van der Waals surface area contributed by atoms with Gasteiger partial charge in [0, 0.05) is 12.3 Å². The van der Waals surface area contributed by atoms with E-state index in [9.17, 15) is 8.42 Å². The number of ether oxygens (including phenoxy) is 1. The van der Waals surface area contributed by atoms with Gasteiger partial charge in [0.2, 0.25) is 0 Å². The summed E-state index contributed by atoms with van der Waals surface area (Å²) in [5.74, 6) is 0.395. The molecule has 0 fully saturated rings. The van der Waals surface area contributed by atoms with Crippen molar-refractivity contribution in [1.29, 1.82) is 0 Å². The first kappa shape index (κ1) is 15.0. The van der Waals surface area contributed by atoms with Gasteiger partial charge in [-0.15, -0.1) is 0 Å². The molecule has 1 aromatic rings. The Labute approximate surface area is 109 Å². The van der Waals surface area contributed by atoms with Gasteiger partial charge in [-0.3, -0.25) is 0 Å². The van der Waals surface area contributed by atoms with Crippen LogP contribution in [0.25, 0.3) is 0 Å². The van der Waals surface area contributed by atoms with Crippen LogP contribution in [0, 0.1) is 12.8 Å². The molecular formula is C13H21NO3S. The van der Waals surface area contributed by atoms with Gasteiger partial charge in [0.1, 0.15) is 0 Å². The largest absolute Gasteiger partial charge is 0.398 e. The summed E-state index contributed by atoms with van der Waals surface area (Å²) < 4.78 is 29.5. The molecule has 0 unspecified atom stereocenters. The van der Waals surface area contributed by atoms with E-state index in [0.717, 1.165) is 0 Å². The van der Waals surface area contributed by atoms with E-state index in [4.69, 9.17) is 10.5 Å². The minimum absolute atomic E-state index is 0.00991. The minimum atomic E-state index is -3.32. The van der Waals surface area contributed by atoms with Gasteiger partial charge in [-0.2, -0.15) is 0 Å². The predicted octanol–water partition coefficient (Wildman–Crippen LogP) is 2.02. The van der Waals surface area contributed by atoms with Crippen molar-refractivity contribution in [2.45, 2.75) is 25.7 Å². The van der Waals surface area contributed by atoms with E-state index in [1.165, 1.54) is 0 Å². The fraction of sp³-hybridized carbons (Fsp3) is 0.538. The highest BCUT2D eigenvalue weighted by Gasteiger charge is 2.17. The number of nitrogen functional groups attached to an aromatic ring is 1. The molecule has 0 heterocycles. The second-order valence-corrected chi connectivity index (χ2v) is 6.84. The molecule has 2 N–H and O–H groups in total. The minimum Gasteiger partial charge on any atom is -0.398 e. The van der Waals surface area contributed by atoms with E-state index in [1.54, 1.807) is 25.1 Å². The van der Waals surface area contributed by atoms with Crippen molar-refractivity contribution in [2.75, 3.05) is 24.7 Å². The fourth-order valence-electron chi connectivity index (χ4n) is 1.57. The zero-order valence-corrected chi connectivity index (χ0v) is 12.0. The normalized spacial score (nSPS) is 12.0. The van der Waals surface area contributed by atoms with Crippen LogP contribution in [-0.4, -0.2) is 27.4 Å². The van der Waals surface area contributed by atoms with Gasteiger partial charge in [0.25, 0.3) is 0 Å². The lowest BCUT2D eigenvalue weighted by Crippen LogP contribution is -2.15. The van der Waals surface area contributed by atoms with Crippen LogP contribution in [0.2, 0.25) is 0 Å². The summed E-state index contributed by atoms with van der Waals surface area (Å²) in [6.07, 6.45) is 0. The Hall–Kier alpha value is -1.07. The molecule has 4 nitrogen and oxygen atoms in total. The summed E-state index contributed by atoms with van der Waals surface area (Å²) in [5, 5.41) is 0. The van der Waals surface area contributed by atoms with Crippen LogP contribution in [0.4, 0.5) is 5.69 Å². The van der Waals surface area contributed by atoms with Crippen molar-refractivity contribution in [3.63, 3.8) is 0 Å². The van der Waals surface area contributed by atoms with Gasteiger partial charge < -0.3 is 10.5 Å². The van der Waals surface area contributed by atoms with Crippen LogP contribution < -0.4 is 5.73 Å². The molecular weight excluding hydrogens is 250 g/mol. The Balaban J connectivity index is 2.72. The highest BCUT2D eigenvalue weighted by molar-refractivity contribution is 7.91. The number of sulfone groups is 1. The molecule has 0 saturated carbocycles. The summed E-state index contributed by atoms with van der Waals surface area (Å²) in [4.78, 5) is 0.302. The molecule has 0 saturated heterocycles. The van der Waals surface area contributed by atoms with Gasteiger partial charge in [0.05, 0.1) is 17.3 Å². The molecule has 0 spiro atoms. The summed E-state index contributed by atoms with van der Waals surface area (Å²) in [6, 6.07) is 4.94. The Kier molecular flexibility index (Phi) is 5.16. The molecule has 1 aromatic carbocycles. The molecule has 102 valence electrons. The van der Waals surface area contributed by atoms with E-state index in [2.05, 4.69) is 0 Å². The Morgan fingerprint density at radius 3 is 2.61 bits per heavy atom. The smallest absolute Gasteiger partial charge is 0.180 e. The first-order chi connectivity index (χ1) is 8.34. The molecule has 0 aliphatic carbocycles. The van der Waals surface area contributed by atoms with Crippen LogP contribution >= 0.6 is 0 Å². The lowest BCUT2D eigenvalue weighted by molar-refractivity contribution is 0.123. The van der Waals surface area contributed by atoms with Crippen LogP contribution in [-0.2, 0) is 14.6 Å². The predicted molar refractivity (Wildman–Crippen MR) is 73.3 cm³/mol. The van der Waals surface area contributed by atoms with E-state index in [1.807, 2.05) is 13.8 Å². The van der Waals surface area contributed by atoms with Gasteiger partial charge in [-0.25, -0.2) is 8.42 Å². The van der Waals surface area contributed by atoms with E-state index >= 15 is 0 Å². The number of benzene rings is 1. The molecule has 0 bridgehead atoms. The zero-order valence-electron chi connectivity index (χ0n) is 11.1. The Morgan fingerprint density at radius 1 is 1.33 bits per heavy atom. The van der Waals surface area contributed by atoms with Crippen molar-refractivity contribution < 1.29 is 13.2 Å². The number of nitrogens with two attached hydrogens (primary N) is 1. The van der Waals surface area contributed by atoms with Gasteiger partial charge in [-0.05, 0) is 30.5 Å². The SMILES string of the molecule is Cc1c(N)cccc1S(=O)(=O)CCOCC(C)C. The van der Waals surface area contributed by atoms with Crippen molar-refractivity contribution in [3.05, 3.63) is 23.8 Å². The molecule has 0 amide bonds. The molecule has 5 heteroatoms. The van der Waals surface area contributed by atoms with E-state index in [-0.39, 0.29) is 12.4 Å². The second-order valence-electron chi connectivity index (χ2n) is 4.76. The summed E-state index contributed by atoms with van der Waals surface area (Å²) >= 11 is 0. The van der Waals surface area contributed by atoms with Gasteiger partial charge in [0.15, 0.2) is 9.84 Å².